The zero-order valence-electron chi connectivity index (χ0n) is 13.7. The fraction of sp³-hybridized carbons (Fsp3) is 0.312. The number of ether oxygens (including phenoxy) is 3. The van der Waals surface area contributed by atoms with Crippen molar-refractivity contribution in [3.8, 4) is 11.5 Å². The average Bonchev–Trinajstić information content (AvgIpc) is 2.87. The zero-order valence-corrected chi connectivity index (χ0v) is 15.3. The molecule has 0 saturated carbocycles. The number of methoxy groups -OCH3 is 3. The predicted octanol–water partition coefficient (Wildman–Crippen LogP) is 2.47. The van der Waals surface area contributed by atoms with Crippen LogP contribution in [0.25, 0.3) is 6.08 Å². The Morgan fingerprint density at radius 3 is 2.58 bits per heavy atom. The van der Waals surface area contributed by atoms with E-state index in [0.717, 1.165) is 11.8 Å². The van der Waals surface area contributed by atoms with Gasteiger partial charge in [0.25, 0.3) is 5.91 Å². The molecule has 1 aromatic rings. The first-order valence-corrected chi connectivity index (χ1v) is 8.22. The van der Waals surface area contributed by atoms with Gasteiger partial charge in [0, 0.05) is 5.56 Å². The molecule has 1 amide bonds. The minimum absolute atomic E-state index is 0.311. The quantitative estimate of drug-likeness (QED) is 0.450. The number of esters is 1. The molecule has 1 aromatic carbocycles. The summed E-state index contributed by atoms with van der Waals surface area (Å²) < 4.78 is 15.5. The molecule has 0 N–H and O–H groups in total. The van der Waals surface area contributed by atoms with Crippen LogP contribution in [0.1, 0.15) is 12.5 Å². The van der Waals surface area contributed by atoms with Gasteiger partial charge >= 0.3 is 5.97 Å². The summed E-state index contributed by atoms with van der Waals surface area (Å²) in [6.45, 7) is 1.58. The Morgan fingerprint density at radius 1 is 1.29 bits per heavy atom. The van der Waals surface area contributed by atoms with Gasteiger partial charge in [-0.1, -0.05) is 24.0 Å². The van der Waals surface area contributed by atoms with E-state index < -0.39 is 12.0 Å². The number of carbonyl (C=O) groups is 2. The van der Waals surface area contributed by atoms with Crippen LogP contribution in [-0.2, 0) is 14.3 Å². The third-order valence-electron chi connectivity index (χ3n) is 3.48. The Morgan fingerprint density at radius 2 is 2.00 bits per heavy atom. The molecule has 1 fully saturated rings. The highest BCUT2D eigenvalue weighted by atomic mass is 32.2. The van der Waals surface area contributed by atoms with Crippen molar-refractivity contribution in [2.75, 3.05) is 21.3 Å². The van der Waals surface area contributed by atoms with Gasteiger partial charge in [-0.25, -0.2) is 4.79 Å². The maximum Gasteiger partial charge on any atom is 0.328 e. The first-order chi connectivity index (χ1) is 11.4. The van der Waals surface area contributed by atoms with Crippen LogP contribution in [0.5, 0.6) is 11.5 Å². The van der Waals surface area contributed by atoms with E-state index in [1.54, 1.807) is 45.4 Å². The van der Waals surface area contributed by atoms with Crippen molar-refractivity contribution in [1.29, 1.82) is 0 Å². The summed E-state index contributed by atoms with van der Waals surface area (Å²) >= 11 is 6.36. The predicted molar refractivity (Wildman–Crippen MR) is 96.0 cm³/mol. The number of rotatable bonds is 5. The summed E-state index contributed by atoms with van der Waals surface area (Å²) in [7, 11) is 4.38. The number of nitrogens with zero attached hydrogens (tertiary/aromatic N) is 1. The van der Waals surface area contributed by atoms with E-state index in [4.69, 9.17) is 21.7 Å². The Hall–Kier alpha value is -2.06. The maximum absolute atomic E-state index is 12.6. The Balaban J connectivity index is 2.37. The molecule has 0 spiro atoms. The molecule has 0 bridgehead atoms. The second kappa shape index (κ2) is 7.67. The zero-order chi connectivity index (χ0) is 17.9. The van der Waals surface area contributed by atoms with E-state index in [1.807, 2.05) is 0 Å². The standard InChI is InChI=1S/C16H17NO5S2/c1-9(15(19)22-4)17-14(18)13(24-16(17)23)8-10-7-11(20-2)5-6-12(10)21-3/h5-9H,1-4H3/b13-8-/t9-/m0/s1. The number of thioether (sulfide) groups is 1. The van der Waals surface area contributed by atoms with Gasteiger partial charge in [0.05, 0.1) is 26.2 Å². The molecule has 0 aliphatic carbocycles. The first-order valence-electron chi connectivity index (χ1n) is 6.99. The summed E-state index contributed by atoms with van der Waals surface area (Å²) in [4.78, 5) is 26.0. The highest BCUT2D eigenvalue weighted by molar-refractivity contribution is 8.26. The van der Waals surface area contributed by atoms with Gasteiger partial charge < -0.3 is 14.2 Å². The van der Waals surface area contributed by atoms with E-state index in [2.05, 4.69) is 4.74 Å². The van der Waals surface area contributed by atoms with Crippen molar-refractivity contribution in [3.05, 3.63) is 28.7 Å². The van der Waals surface area contributed by atoms with Crippen LogP contribution >= 0.6 is 24.0 Å². The second-order valence-corrected chi connectivity index (χ2v) is 6.53. The molecule has 8 heteroatoms. The molecule has 1 heterocycles. The minimum atomic E-state index is -0.777. The van der Waals surface area contributed by atoms with E-state index in [1.165, 1.54) is 12.0 Å². The second-order valence-electron chi connectivity index (χ2n) is 4.86. The summed E-state index contributed by atoms with van der Waals surface area (Å²) in [6, 6.07) is 4.50. The fourth-order valence-corrected chi connectivity index (χ4v) is 3.59. The van der Waals surface area contributed by atoms with Gasteiger partial charge in [-0.15, -0.1) is 0 Å². The van der Waals surface area contributed by atoms with E-state index in [-0.39, 0.29) is 5.91 Å². The van der Waals surface area contributed by atoms with E-state index in [9.17, 15) is 9.59 Å². The number of benzene rings is 1. The van der Waals surface area contributed by atoms with Gasteiger partial charge in [-0.3, -0.25) is 9.69 Å². The molecule has 1 aliphatic heterocycles. The summed E-state index contributed by atoms with van der Waals surface area (Å²) in [5, 5.41) is 0. The third-order valence-corrected chi connectivity index (χ3v) is 4.81. The lowest BCUT2D eigenvalue weighted by Gasteiger charge is -2.20. The molecular formula is C16H17NO5S2. The number of hydrogen-bond donors (Lipinski definition) is 0. The van der Waals surface area contributed by atoms with Gasteiger partial charge in [0.1, 0.15) is 21.9 Å². The lowest BCUT2D eigenvalue weighted by molar-refractivity contribution is -0.147. The molecule has 24 heavy (non-hydrogen) atoms. The molecule has 0 aromatic heterocycles. The summed E-state index contributed by atoms with van der Waals surface area (Å²) in [5.41, 5.74) is 0.683. The number of amides is 1. The number of carbonyl (C=O) groups excluding carboxylic acids is 2. The molecular weight excluding hydrogens is 350 g/mol. The normalized spacial score (nSPS) is 17.2. The molecule has 6 nitrogen and oxygen atoms in total. The van der Waals surface area contributed by atoms with Crippen molar-refractivity contribution in [2.45, 2.75) is 13.0 Å². The Bertz CT molecular complexity index is 716. The van der Waals surface area contributed by atoms with Gasteiger partial charge in [-0.05, 0) is 31.2 Å². The minimum Gasteiger partial charge on any atom is -0.497 e. The van der Waals surface area contributed by atoms with Crippen LogP contribution in [0.2, 0.25) is 0 Å². The van der Waals surface area contributed by atoms with Crippen LogP contribution in [-0.4, -0.2) is 48.5 Å². The molecule has 0 radical (unpaired) electrons. The third kappa shape index (κ3) is 3.54. The van der Waals surface area contributed by atoms with Crippen LogP contribution in [0.3, 0.4) is 0 Å². The number of thiocarbonyl (C=S) groups is 1. The van der Waals surface area contributed by atoms with Gasteiger partial charge in [0.2, 0.25) is 0 Å². The highest BCUT2D eigenvalue weighted by Gasteiger charge is 2.38. The summed E-state index contributed by atoms with van der Waals surface area (Å²) in [6.07, 6.45) is 1.67. The van der Waals surface area contributed by atoms with Crippen molar-refractivity contribution in [1.82, 2.24) is 4.90 Å². The monoisotopic (exact) mass is 367 g/mol. The van der Waals surface area contributed by atoms with E-state index in [0.29, 0.717) is 26.3 Å². The van der Waals surface area contributed by atoms with Gasteiger partial charge in [-0.2, -0.15) is 0 Å². The Labute approximate surface area is 149 Å². The topological polar surface area (TPSA) is 65.1 Å². The van der Waals surface area contributed by atoms with Crippen molar-refractivity contribution in [3.63, 3.8) is 0 Å². The average molecular weight is 367 g/mol. The SMILES string of the molecule is COC(=O)[C@H](C)N1C(=O)/C(=C/c2cc(OC)ccc2OC)SC1=S. The largest absolute Gasteiger partial charge is 0.497 e. The Kier molecular flexibility index (Phi) is 5.84. The van der Waals surface area contributed by atoms with Crippen LogP contribution in [0.4, 0.5) is 0 Å². The lowest BCUT2D eigenvalue weighted by Crippen LogP contribution is -2.42. The maximum atomic E-state index is 12.6. The molecule has 1 atom stereocenters. The molecule has 128 valence electrons. The molecule has 1 saturated heterocycles. The van der Waals surface area contributed by atoms with Crippen molar-refractivity contribution < 1.29 is 23.8 Å². The van der Waals surface area contributed by atoms with Crippen molar-refractivity contribution >= 4 is 46.3 Å². The fourth-order valence-electron chi connectivity index (χ4n) is 2.18. The van der Waals surface area contributed by atoms with E-state index >= 15 is 0 Å². The highest BCUT2D eigenvalue weighted by Crippen LogP contribution is 2.36. The van der Waals surface area contributed by atoms with Crippen LogP contribution in [0.15, 0.2) is 23.1 Å². The van der Waals surface area contributed by atoms with Crippen molar-refractivity contribution in [2.24, 2.45) is 0 Å². The molecule has 0 unspecified atom stereocenters. The molecule has 1 aliphatic rings. The van der Waals surface area contributed by atoms with Crippen LogP contribution < -0.4 is 9.47 Å². The molecule has 2 rings (SSSR count). The number of hydrogen-bond acceptors (Lipinski definition) is 7. The first kappa shape index (κ1) is 18.3. The lowest BCUT2D eigenvalue weighted by atomic mass is 10.1. The summed E-state index contributed by atoms with van der Waals surface area (Å²) in [5.74, 6) is 0.377. The van der Waals surface area contributed by atoms with Gasteiger partial charge in [0.15, 0.2) is 0 Å². The van der Waals surface area contributed by atoms with Crippen LogP contribution in [0, 0.1) is 0 Å². The smallest absolute Gasteiger partial charge is 0.328 e.